The fourth-order valence-corrected chi connectivity index (χ4v) is 5.44. The monoisotopic (exact) mass is 452 g/mol. The average molecular weight is 453 g/mol. The number of benzene rings is 2. The lowest BCUT2D eigenvalue weighted by atomic mass is 9.95. The summed E-state index contributed by atoms with van der Waals surface area (Å²) in [6, 6.07) is 11.6. The first kappa shape index (κ1) is 19.7. The van der Waals surface area contributed by atoms with Gasteiger partial charge in [0.1, 0.15) is 10.8 Å². The quantitative estimate of drug-likeness (QED) is 0.293. The van der Waals surface area contributed by atoms with Gasteiger partial charge < -0.3 is 10.3 Å². The van der Waals surface area contributed by atoms with Crippen LogP contribution in [0.5, 0.6) is 0 Å². The van der Waals surface area contributed by atoms with Crippen molar-refractivity contribution >= 4 is 50.6 Å². The first-order valence-electron chi connectivity index (χ1n) is 9.86. The molecule has 156 valence electrons. The normalized spacial score (nSPS) is 13.2. The van der Waals surface area contributed by atoms with Gasteiger partial charge in [-0.25, -0.2) is 4.98 Å². The number of nitro groups is 1. The molecule has 2 aromatic carbocycles. The number of halogens is 1. The topological polar surface area (TPSA) is 101 Å². The summed E-state index contributed by atoms with van der Waals surface area (Å²) >= 11 is 7.71. The van der Waals surface area contributed by atoms with Gasteiger partial charge in [0.2, 0.25) is 0 Å². The zero-order chi connectivity index (χ0) is 21.5. The fourth-order valence-electron chi connectivity index (χ4n) is 3.95. The van der Waals surface area contributed by atoms with Crippen molar-refractivity contribution in [3.05, 3.63) is 73.6 Å². The van der Waals surface area contributed by atoms with E-state index in [2.05, 4.69) is 10.3 Å². The number of hydrogen-bond donors (Lipinski definition) is 2. The van der Waals surface area contributed by atoms with Crippen molar-refractivity contribution in [3.8, 4) is 11.4 Å². The van der Waals surface area contributed by atoms with Gasteiger partial charge in [-0.2, -0.15) is 0 Å². The Morgan fingerprint density at radius 1 is 1.19 bits per heavy atom. The molecule has 7 nitrogen and oxygen atoms in total. The van der Waals surface area contributed by atoms with E-state index in [9.17, 15) is 14.9 Å². The van der Waals surface area contributed by atoms with Crippen LogP contribution < -0.4 is 5.32 Å². The maximum Gasteiger partial charge on any atom is 0.270 e. The van der Waals surface area contributed by atoms with E-state index in [-0.39, 0.29) is 16.3 Å². The van der Waals surface area contributed by atoms with Crippen molar-refractivity contribution in [1.29, 1.82) is 0 Å². The molecule has 1 aliphatic rings. The molecule has 0 aliphatic heterocycles. The Morgan fingerprint density at radius 3 is 2.81 bits per heavy atom. The number of nitrogens with zero attached hydrogens (tertiary/aromatic N) is 2. The first-order chi connectivity index (χ1) is 15.0. The number of carbonyl (C=O) groups is 1. The Morgan fingerprint density at radius 2 is 2.00 bits per heavy atom. The minimum absolute atomic E-state index is 0.0674. The van der Waals surface area contributed by atoms with Crippen molar-refractivity contribution in [2.24, 2.45) is 0 Å². The number of nitro benzene ring substituents is 1. The first-order valence-corrected chi connectivity index (χ1v) is 11.1. The molecule has 2 N–H and O–H groups in total. The molecule has 0 unspecified atom stereocenters. The van der Waals surface area contributed by atoms with E-state index in [1.165, 1.54) is 40.0 Å². The minimum atomic E-state index is -0.545. The van der Waals surface area contributed by atoms with Gasteiger partial charge in [0.15, 0.2) is 0 Å². The number of rotatable bonds is 4. The number of imidazole rings is 1. The number of thiophene rings is 1. The van der Waals surface area contributed by atoms with E-state index in [0.717, 1.165) is 42.3 Å². The van der Waals surface area contributed by atoms with Gasteiger partial charge >= 0.3 is 0 Å². The van der Waals surface area contributed by atoms with Crippen LogP contribution in [-0.2, 0) is 12.8 Å². The van der Waals surface area contributed by atoms with Gasteiger partial charge in [0, 0.05) is 17.0 Å². The van der Waals surface area contributed by atoms with Crippen LogP contribution in [0.2, 0.25) is 5.02 Å². The molecule has 2 aromatic heterocycles. The van der Waals surface area contributed by atoms with E-state index in [4.69, 9.17) is 16.6 Å². The van der Waals surface area contributed by atoms with E-state index < -0.39 is 10.8 Å². The van der Waals surface area contributed by atoms with Crippen LogP contribution in [0, 0.1) is 10.1 Å². The molecule has 0 bridgehead atoms. The summed E-state index contributed by atoms with van der Waals surface area (Å²) in [6.45, 7) is 0. The molecule has 31 heavy (non-hydrogen) atoms. The third-order valence-corrected chi connectivity index (χ3v) is 6.97. The van der Waals surface area contributed by atoms with Gasteiger partial charge in [-0.05, 0) is 49.4 Å². The van der Waals surface area contributed by atoms with Gasteiger partial charge in [-0.3, -0.25) is 14.9 Å². The van der Waals surface area contributed by atoms with Crippen LogP contribution in [0.4, 0.5) is 10.7 Å². The number of fused-ring (bicyclic) bond motifs is 2. The number of H-pyrrole nitrogens is 1. The third kappa shape index (κ3) is 3.58. The van der Waals surface area contributed by atoms with Crippen LogP contribution in [0.25, 0.3) is 22.4 Å². The Hall–Kier alpha value is -3.23. The fraction of sp³-hybridized carbons (Fsp3) is 0.182. The van der Waals surface area contributed by atoms with Gasteiger partial charge in [0.25, 0.3) is 11.6 Å². The van der Waals surface area contributed by atoms with Crippen molar-refractivity contribution < 1.29 is 9.72 Å². The van der Waals surface area contributed by atoms with Crippen LogP contribution in [-0.4, -0.2) is 20.8 Å². The van der Waals surface area contributed by atoms with E-state index in [1.54, 1.807) is 0 Å². The molecule has 0 saturated heterocycles. The zero-order valence-electron chi connectivity index (χ0n) is 16.3. The smallest absolute Gasteiger partial charge is 0.270 e. The summed E-state index contributed by atoms with van der Waals surface area (Å²) in [7, 11) is 0. The van der Waals surface area contributed by atoms with Gasteiger partial charge in [0.05, 0.1) is 32.1 Å². The van der Waals surface area contributed by atoms with E-state index in [1.807, 2.05) is 24.3 Å². The molecule has 1 aliphatic carbocycles. The highest BCUT2D eigenvalue weighted by molar-refractivity contribution is 7.17. The summed E-state index contributed by atoms with van der Waals surface area (Å²) in [6.07, 6.45) is 4.07. The summed E-state index contributed by atoms with van der Waals surface area (Å²) in [5.74, 6) is 0.227. The average Bonchev–Trinajstić information content (AvgIpc) is 3.34. The van der Waals surface area contributed by atoms with Crippen molar-refractivity contribution in [2.45, 2.75) is 25.7 Å². The second-order valence-corrected chi connectivity index (χ2v) is 8.91. The Kier molecular flexibility index (Phi) is 4.95. The second kappa shape index (κ2) is 7.79. The van der Waals surface area contributed by atoms with E-state index >= 15 is 0 Å². The lowest BCUT2D eigenvalue weighted by Gasteiger charge is -2.12. The largest absolute Gasteiger partial charge is 0.338 e. The molecule has 0 saturated carbocycles. The number of para-hydroxylation sites is 2. The summed E-state index contributed by atoms with van der Waals surface area (Å²) in [5.41, 5.74) is 3.76. The maximum atomic E-state index is 13.0. The van der Waals surface area contributed by atoms with Crippen LogP contribution in [0.15, 0.2) is 42.5 Å². The Bertz CT molecular complexity index is 1310. The molecular weight excluding hydrogens is 436 g/mol. The number of amides is 1. The van der Waals surface area contributed by atoms with Gasteiger partial charge in [-0.15, -0.1) is 11.3 Å². The lowest BCUT2D eigenvalue weighted by Crippen LogP contribution is -2.13. The standard InChI is InChI=1S/C22H17ClN4O3S/c23-15-10-9-12(27(29)30)11-14(15)21(28)26-22-19(13-5-1-4-8-18(13)31-22)20-24-16-6-2-3-7-17(16)25-20/h2-3,6-7,9-11H,1,4-5,8H2,(H,24,25)(H,26,28). The molecule has 0 radical (unpaired) electrons. The molecule has 0 fully saturated rings. The lowest BCUT2D eigenvalue weighted by molar-refractivity contribution is -0.384. The van der Waals surface area contributed by atoms with Crippen molar-refractivity contribution in [2.75, 3.05) is 5.32 Å². The third-order valence-electron chi connectivity index (χ3n) is 5.43. The number of nitrogens with one attached hydrogen (secondary N) is 2. The number of hydrogen-bond acceptors (Lipinski definition) is 5. The number of anilines is 1. The van der Waals surface area contributed by atoms with Crippen molar-refractivity contribution in [1.82, 2.24) is 9.97 Å². The molecule has 9 heteroatoms. The summed E-state index contributed by atoms with van der Waals surface area (Å²) in [4.78, 5) is 33.0. The number of non-ortho nitro benzene ring substituents is 1. The predicted octanol–water partition coefficient (Wildman–Crippen LogP) is 5.98. The number of aromatic amines is 1. The Balaban J connectivity index is 1.58. The molecule has 1 amide bonds. The van der Waals surface area contributed by atoms with Crippen LogP contribution in [0.1, 0.15) is 33.6 Å². The molecule has 0 atom stereocenters. The highest BCUT2D eigenvalue weighted by Gasteiger charge is 2.26. The zero-order valence-corrected chi connectivity index (χ0v) is 17.8. The van der Waals surface area contributed by atoms with Crippen LogP contribution >= 0.6 is 22.9 Å². The van der Waals surface area contributed by atoms with Crippen LogP contribution in [0.3, 0.4) is 0 Å². The minimum Gasteiger partial charge on any atom is -0.338 e. The second-order valence-electron chi connectivity index (χ2n) is 7.39. The van der Waals surface area contributed by atoms with Crippen molar-refractivity contribution in [3.63, 3.8) is 0 Å². The summed E-state index contributed by atoms with van der Waals surface area (Å²) in [5, 5.41) is 14.9. The summed E-state index contributed by atoms with van der Waals surface area (Å²) < 4.78 is 0. The number of aryl methyl sites for hydroxylation is 1. The predicted molar refractivity (Wildman–Crippen MR) is 122 cm³/mol. The Labute approximate surface area is 186 Å². The highest BCUT2D eigenvalue weighted by Crippen LogP contribution is 2.44. The number of aromatic nitrogens is 2. The molecule has 5 rings (SSSR count). The number of carbonyl (C=O) groups excluding carboxylic acids is 1. The molecular formula is C22H17ClN4O3S. The highest BCUT2D eigenvalue weighted by atomic mass is 35.5. The SMILES string of the molecule is O=C(Nc1sc2c(c1-c1nc3ccccc3[nH]1)CCCC2)c1cc([N+](=O)[O-])ccc1Cl. The van der Waals surface area contributed by atoms with E-state index in [0.29, 0.717) is 10.8 Å². The molecule has 4 aromatic rings. The molecule has 0 spiro atoms. The maximum absolute atomic E-state index is 13.0. The molecule has 2 heterocycles. The van der Waals surface area contributed by atoms with Gasteiger partial charge in [-0.1, -0.05) is 23.7 Å².